The van der Waals surface area contributed by atoms with Crippen LogP contribution in [0.25, 0.3) is 0 Å². The zero-order valence-electron chi connectivity index (χ0n) is 24.6. The minimum atomic E-state index is -1.15. The van der Waals surface area contributed by atoms with Gasteiger partial charge in [-0.2, -0.15) is 0 Å². The third kappa shape index (κ3) is 8.48. The Morgan fingerprint density at radius 3 is 1.44 bits per heavy atom. The molecule has 12 unspecified atom stereocenters. The summed E-state index contributed by atoms with van der Waals surface area (Å²) in [5.41, 5.74) is 0. The van der Waals surface area contributed by atoms with Crippen LogP contribution in [-0.4, -0.2) is 93.1 Å². The fourth-order valence-corrected chi connectivity index (χ4v) is 5.09. The minimum absolute atomic E-state index is 0.00894. The second-order valence-electron chi connectivity index (χ2n) is 10.9. The molecule has 41 heavy (non-hydrogen) atoms. The van der Waals surface area contributed by atoms with Gasteiger partial charge in [-0.15, -0.1) is 0 Å². The van der Waals surface area contributed by atoms with Crippen molar-refractivity contribution in [1.29, 1.82) is 0 Å². The second-order valence-corrected chi connectivity index (χ2v) is 10.9. The Balaban J connectivity index is 1.73. The summed E-state index contributed by atoms with van der Waals surface area (Å²) in [5, 5.41) is 0. The van der Waals surface area contributed by atoms with Crippen LogP contribution in [0.4, 0.5) is 0 Å². The first kappa shape index (κ1) is 32.9. The van der Waals surface area contributed by atoms with Crippen LogP contribution < -0.4 is 0 Å². The molecule has 0 aromatic rings. The number of hydrogen-bond acceptors (Lipinski definition) is 13. The standard InChI is InChI=1S/C28H42O13/c1-9-22(32)41-28-25(38-19(8)31)16(5)21(12-35-28)40-27-24(37-18(7)30)15(4)20(11-34-27)39-26-23(36-17(6)29)14(3)13(2)10-33-26/h9,13-16,20-21,23-28H,1,10-12H2,2-8H3. The topological polar surface area (TPSA) is 151 Å². The van der Waals surface area contributed by atoms with E-state index in [1.807, 2.05) is 20.8 Å². The lowest BCUT2D eigenvalue weighted by molar-refractivity contribution is -0.332. The Morgan fingerprint density at radius 1 is 0.610 bits per heavy atom. The number of carbonyl (C=O) groups excluding carboxylic acids is 4. The van der Waals surface area contributed by atoms with Crippen LogP contribution in [0.15, 0.2) is 12.7 Å². The quantitative estimate of drug-likeness (QED) is 0.220. The van der Waals surface area contributed by atoms with E-state index in [-0.39, 0.29) is 25.0 Å². The molecule has 0 radical (unpaired) electrons. The molecule has 3 saturated heterocycles. The van der Waals surface area contributed by atoms with Crippen LogP contribution in [0.1, 0.15) is 48.5 Å². The molecule has 3 aliphatic rings. The Hall–Kier alpha value is -2.58. The zero-order valence-corrected chi connectivity index (χ0v) is 24.6. The molecular formula is C28H42O13. The molecule has 3 fully saturated rings. The van der Waals surface area contributed by atoms with Crippen molar-refractivity contribution in [2.75, 3.05) is 19.8 Å². The van der Waals surface area contributed by atoms with Crippen molar-refractivity contribution >= 4 is 23.9 Å². The average Bonchev–Trinajstić information content (AvgIpc) is 2.90. The second kappa shape index (κ2) is 14.5. The molecule has 0 bridgehead atoms. The summed E-state index contributed by atoms with van der Waals surface area (Å²) in [6, 6.07) is 0. The molecule has 3 aliphatic heterocycles. The van der Waals surface area contributed by atoms with Gasteiger partial charge in [-0.1, -0.05) is 34.3 Å². The van der Waals surface area contributed by atoms with Gasteiger partial charge in [0.15, 0.2) is 30.9 Å². The summed E-state index contributed by atoms with van der Waals surface area (Å²) in [7, 11) is 0. The summed E-state index contributed by atoms with van der Waals surface area (Å²) < 4.78 is 51.8. The van der Waals surface area contributed by atoms with E-state index in [1.54, 1.807) is 6.92 Å². The molecule has 232 valence electrons. The summed E-state index contributed by atoms with van der Waals surface area (Å²) in [4.78, 5) is 47.4. The highest BCUT2D eigenvalue weighted by atomic mass is 16.8. The lowest BCUT2D eigenvalue weighted by Gasteiger charge is -2.46. The van der Waals surface area contributed by atoms with E-state index in [2.05, 4.69) is 6.58 Å². The van der Waals surface area contributed by atoms with Gasteiger partial charge in [0.05, 0.1) is 32.0 Å². The molecule has 12 atom stereocenters. The summed E-state index contributed by atoms with van der Waals surface area (Å²) in [6.07, 6.45) is -5.74. The Bertz CT molecular complexity index is 953. The van der Waals surface area contributed by atoms with Crippen molar-refractivity contribution in [1.82, 2.24) is 0 Å². The van der Waals surface area contributed by atoms with Gasteiger partial charge >= 0.3 is 23.9 Å². The highest BCUT2D eigenvalue weighted by molar-refractivity contribution is 5.81. The van der Waals surface area contributed by atoms with Crippen molar-refractivity contribution in [2.24, 2.45) is 23.7 Å². The molecule has 0 saturated carbocycles. The van der Waals surface area contributed by atoms with Crippen molar-refractivity contribution < 1.29 is 61.8 Å². The van der Waals surface area contributed by atoms with E-state index < -0.39 is 85.1 Å². The number of esters is 4. The molecule has 13 heteroatoms. The first-order valence-electron chi connectivity index (χ1n) is 13.8. The molecule has 0 aromatic heterocycles. The van der Waals surface area contributed by atoms with Gasteiger partial charge in [-0.25, -0.2) is 4.79 Å². The lowest BCUT2D eigenvalue weighted by Crippen LogP contribution is -2.58. The number of ether oxygens (including phenoxy) is 9. The van der Waals surface area contributed by atoms with E-state index in [0.717, 1.165) is 6.08 Å². The van der Waals surface area contributed by atoms with Crippen LogP contribution in [0.2, 0.25) is 0 Å². The fourth-order valence-electron chi connectivity index (χ4n) is 5.09. The van der Waals surface area contributed by atoms with Crippen LogP contribution in [0, 0.1) is 23.7 Å². The smallest absolute Gasteiger partial charge is 0.332 e. The molecule has 3 rings (SSSR count). The van der Waals surface area contributed by atoms with Crippen LogP contribution in [0.5, 0.6) is 0 Å². The Labute approximate surface area is 240 Å². The molecule has 0 aromatic carbocycles. The zero-order chi connectivity index (χ0) is 30.4. The van der Waals surface area contributed by atoms with Crippen molar-refractivity contribution in [3.8, 4) is 0 Å². The summed E-state index contributed by atoms with van der Waals surface area (Å²) in [5.74, 6) is -3.08. The normalized spacial score (nSPS) is 39.2. The third-order valence-corrected chi connectivity index (χ3v) is 7.73. The van der Waals surface area contributed by atoms with Crippen molar-refractivity contribution in [3.05, 3.63) is 12.7 Å². The van der Waals surface area contributed by atoms with E-state index in [9.17, 15) is 19.2 Å². The predicted molar refractivity (Wildman–Crippen MR) is 139 cm³/mol. The van der Waals surface area contributed by atoms with Crippen LogP contribution >= 0.6 is 0 Å². The van der Waals surface area contributed by atoms with E-state index >= 15 is 0 Å². The number of hydrogen-bond donors (Lipinski definition) is 0. The predicted octanol–water partition coefficient (Wildman–Crippen LogP) is 1.89. The van der Waals surface area contributed by atoms with Gasteiger partial charge in [0, 0.05) is 44.6 Å². The van der Waals surface area contributed by atoms with Gasteiger partial charge in [-0.3, -0.25) is 14.4 Å². The first-order chi connectivity index (χ1) is 19.3. The largest absolute Gasteiger partial charge is 0.457 e. The molecule has 13 nitrogen and oxygen atoms in total. The summed E-state index contributed by atoms with van der Waals surface area (Å²) >= 11 is 0. The first-order valence-corrected chi connectivity index (χ1v) is 13.8. The van der Waals surface area contributed by atoms with Crippen molar-refractivity contribution in [2.45, 2.75) is 97.9 Å². The molecular weight excluding hydrogens is 544 g/mol. The summed E-state index contributed by atoms with van der Waals surface area (Å²) in [6.45, 7) is 15.3. The van der Waals surface area contributed by atoms with Gasteiger partial charge < -0.3 is 42.6 Å². The maximum Gasteiger partial charge on any atom is 0.332 e. The molecule has 0 amide bonds. The van der Waals surface area contributed by atoms with E-state index in [4.69, 9.17) is 42.6 Å². The third-order valence-electron chi connectivity index (χ3n) is 7.73. The molecule has 3 heterocycles. The maximum absolute atomic E-state index is 12.1. The Morgan fingerprint density at radius 2 is 1.00 bits per heavy atom. The highest BCUT2D eigenvalue weighted by Crippen LogP contribution is 2.35. The number of rotatable bonds is 9. The fraction of sp³-hybridized carbons (Fsp3) is 0.786. The van der Waals surface area contributed by atoms with Crippen molar-refractivity contribution in [3.63, 3.8) is 0 Å². The van der Waals surface area contributed by atoms with Gasteiger partial charge in [-0.05, 0) is 5.92 Å². The lowest BCUT2D eigenvalue weighted by atomic mass is 9.88. The monoisotopic (exact) mass is 586 g/mol. The average molecular weight is 587 g/mol. The van der Waals surface area contributed by atoms with Gasteiger partial charge in [0.25, 0.3) is 0 Å². The van der Waals surface area contributed by atoms with Gasteiger partial charge in [0.1, 0.15) is 0 Å². The van der Waals surface area contributed by atoms with E-state index in [1.165, 1.54) is 20.8 Å². The Kier molecular flexibility index (Phi) is 11.7. The minimum Gasteiger partial charge on any atom is -0.457 e. The maximum atomic E-state index is 12.1. The van der Waals surface area contributed by atoms with Crippen LogP contribution in [-0.2, 0) is 61.8 Å². The number of carbonyl (C=O) groups is 4. The van der Waals surface area contributed by atoms with E-state index in [0.29, 0.717) is 6.61 Å². The highest BCUT2D eigenvalue weighted by Gasteiger charge is 2.49. The molecule has 0 spiro atoms. The SMILES string of the molecule is C=CC(=O)OC1OCC(OC2OCC(OC3OCC(C)C(C)C3OC(C)=O)C(C)C2OC(C)=O)C(C)C1OC(C)=O. The molecule has 0 N–H and O–H groups in total. The molecule has 0 aliphatic carbocycles. The van der Waals surface area contributed by atoms with Gasteiger partial charge in [0.2, 0.25) is 6.29 Å². The van der Waals surface area contributed by atoms with Crippen LogP contribution in [0.3, 0.4) is 0 Å².